The van der Waals surface area contributed by atoms with Crippen LogP contribution in [0.5, 0.6) is 5.75 Å². The molecule has 8 heteroatoms. The number of aromatic nitrogens is 1. The maximum absolute atomic E-state index is 12.2. The van der Waals surface area contributed by atoms with Gasteiger partial charge in [0, 0.05) is 24.1 Å². The highest BCUT2D eigenvalue weighted by Gasteiger charge is 2.21. The zero-order chi connectivity index (χ0) is 26.9. The van der Waals surface area contributed by atoms with E-state index < -0.39 is 18.0 Å². The number of carboxylic acid groups (broad SMARTS) is 1. The zero-order valence-corrected chi connectivity index (χ0v) is 21.3. The molecule has 38 heavy (non-hydrogen) atoms. The van der Waals surface area contributed by atoms with E-state index in [0.717, 1.165) is 22.6 Å². The maximum atomic E-state index is 12.2. The second-order valence-electron chi connectivity index (χ2n) is 8.64. The lowest BCUT2D eigenvalue weighted by Gasteiger charge is -2.18. The Balaban J connectivity index is 1.34. The van der Waals surface area contributed by atoms with E-state index in [4.69, 9.17) is 13.9 Å². The summed E-state index contributed by atoms with van der Waals surface area (Å²) in [6, 6.07) is 22.8. The van der Waals surface area contributed by atoms with Crippen molar-refractivity contribution in [3.05, 3.63) is 101 Å². The maximum Gasteiger partial charge on any atom is 0.340 e. The standard InChI is InChI=1S/C30H30N2O6/c1-3-36-30(35)24-11-7-8-12-26(24)31-27(29(33)34)19-21-13-15-23(16-14-21)37-18-17-25-20(2)38-28(32-25)22-9-5-4-6-10-22/h4-16,27,31H,3,17-19H2,1-2H3,(H,33,34)/t27-/m0/s1. The first-order chi connectivity index (χ1) is 18.4. The Morgan fingerprint density at radius 1 is 1.00 bits per heavy atom. The number of carboxylic acids is 1. The van der Waals surface area contributed by atoms with Crippen molar-refractivity contribution in [3.8, 4) is 17.2 Å². The number of nitrogens with one attached hydrogen (secondary N) is 1. The molecular formula is C30H30N2O6. The van der Waals surface area contributed by atoms with Crippen LogP contribution in [0.15, 0.2) is 83.3 Å². The summed E-state index contributed by atoms with van der Waals surface area (Å²) in [5.41, 5.74) is 3.29. The Labute approximate surface area is 221 Å². The van der Waals surface area contributed by atoms with Gasteiger partial charge in [0.1, 0.15) is 17.6 Å². The van der Waals surface area contributed by atoms with Crippen molar-refractivity contribution in [2.24, 2.45) is 0 Å². The number of ether oxygens (including phenoxy) is 2. The minimum atomic E-state index is -1.03. The number of carbonyl (C=O) groups is 2. The van der Waals surface area contributed by atoms with Crippen LogP contribution in [-0.2, 0) is 22.4 Å². The summed E-state index contributed by atoms with van der Waals surface area (Å²) in [5, 5.41) is 12.8. The first-order valence-corrected chi connectivity index (χ1v) is 12.4. The molecule has 8 nitrogen and oxygen atoms in total. The van der Waals surface area contributed by atoms with Gasteiger partial charge in [0.25, 0.3) is 0 Å². The van der Waals surface area contributed by atoms with Gasteiger partial charge in [-0.25, -0.2) is 14.6 Å². The number of aliphatic carboxylic acids is 1. The minimum absolute atomic E-state index is 0.215. The van der Waals surface area contributed by atoms with Crippen LogP contribution in [0.25, 0.3) is 11.5 Å². The van der Waals surface area contributed by atoms with Gasteiger partial charge in [-0.3, -0.25) is 0 Å². The predicted octanol–water partition coefficient (Wildman–Crippen LogP) is 5.56. The zero-order valence-electron chi connectivity index (χ0n) is 21.3. The van der Waals surface area contributed by atoms with Crippen molar-refractivity contribution in [2.75, 3.05) is 18.5 Å². The quantitative estimate of drug-likeness (QED) is 0.237. The lowest BCUT2D eigenvalue weighted by atomic mass is 10.0. The van der Waals surface area contributed by atoms with Crippen molar-refractivity contribution in [3.63, 3.8) is 0 Å². The summed E-state index contributed by atoms with van der Waals surface area (Å²) < 4.78 is 16.8. The SMILES string of the molecule is CCOC(=O)c1ccccc1N[C@@H](Cc1ccc(OCCc2nc(-c3ccccc3)oc2C)cc1)C(=O)O. The normalized spacial score (nSPS) is 11.5. The molecule has 4 rings (SSSR count). The van der Waals surface area contributed by atoms with Crippen LogP contribution in [0, 0.1) is 6.92 Å². The summed E-state index contributed by atoms with van der Waals surface area (Å²) in [5.74, 6) is 0.499. The summed E-state index contributed by atoms with van der Waals surface area (Å²) in [6.45, 7) is 4.27. The molecule has 4 aromatic rings. The second kappa shape index (κ2) is 12.6. The highest BCUT2D eigenvalue weighted by molar-refractivity contribution is 5.96. The minimum Gasteiger partial charge on any atom is -0.493 e. The number of benzene rings is 3. The monoisotopic (exact) mass is 514 g/mol. The van der Waals surface area contributed by atoms with Crippen LogP contribution >= 0.6 is 0 Å². The van der Waals surface area contributed by atoms with Crippen LogP contribution in [0.1, 0.15) is 34.3 Å². The third kappa shape index (κ3) is 6.79. The topological polar surface area (TPSA) is 111 Å². The fourth-order valence-electron chi connectivity index (χ4n) is 3.97. The number of esters is 1. The van der Waals surface area contributed by atoms with E-state index in [9.17, 15) is 14.7 Å². The van der Waals surface area contributed by atoms with Gasteiger partial charge in [-0.05, 0) is 55.8 Å². The van der Waals surface area contributed by atoms with Crippen LogP contribution < -0.4 is 10.1 Å². The smallest absolute Gasteiger partial charge is 0.340 e. The number of anilines is 1. The van der Waals surface area contributed by atoms with E-state index in [0.29, 0.717) is 35.9 Å². The molecule has 0 fully saturated rings. The lowest BCUT2D eigenvalue weighted by molar-refractivity contribution is -0.137. The molecule has 0 radical (unpaired) electrons. The molecule has 196 valence electrons. The van der Waals surface area contributed by atoms with E-state index in [1.165, 1.54) is 0 Å². The molecule has 0 saturated heterocycles. The molecule has 2 N–H and O–H groups in total. The Morgan fingerprint density at radius 3 is 2.42 bits per heavy atom. The molecule has 0 spiro atoms. The Morgan fingerprint density at radius 2 is 1.71 bits per heavy atom. The number of hydrogen-bond acceptors (Lipinski definition) is 7. The Kier molecular flexibility index (Phi) is 8.77. The molecule has 1 heterocycles. The molecule has 0 aliphatic carbocycles. The summed E-state index contributed by atoms with van der Waals surface area (Å²) in [7, 11) is 0. The summed E-state index contributed by atoms with van der Waals surface area (Å²) in [4.78, 5) is 28.8. The van der Waals surface area contributed by atoms with Crippen molar-refractivity contribution in [1.29, 1.82) is 0 Å². The number of para-hydroxylation sites is 1. The van der Waals surface area contributed by atoms with E-state index >= 15 is 0 Å². The van der Waals surface area contributed by atoms with E-state index in [-0.39, 0.29) is 13.0 Å². The van der Waals surface area contributed by atoms with Crippen molar-refractivity contribution >= 4 is 17.6 Å². The molecule has 3 aromatic carbocycles. The Hall–Kier alpha value is -4.59. The van der Waals surface area contributed by atoms with Gasteiger partial charge in [-0.1, -0.05) is 42.5 Å². The number of nitrogens with zero attached hydrogens (tertiary/aromatic N) is 1. The fraction of sp³-hybridized carbons (Fsp3) is 0.233. The van der Waals surface area contributed by atoms with Gasteiger partial charge in [0.05, 0.1) is 24.5 Å². The van der Waals surface area contributed by atoms with E-state index in [2.05, 4.69) is 10.3 Å². The number of rotatable bonds is 12. The molecular weight excluding hydrogens is 484 g/mol. The van der Waals surface area contributed by atoms with Gasteiger partial charge < -0.3 is 24.3 Å². The molecule has 1 atom stereocenters. The highest BCUT2D eigenvalue weighted by Crippen LogP contribution is 2.23. The third-order valence-corrected chi connectivity index (χ3v) is 5.93. The fourth-order valence-corrected chi connectivity index (χ4v) is 3.97. The average molecular weight is 515 g/mol. The van der Waals surface area contributed by atoms with Crippen LogP contribution in [-0.4, -0.2) is 41.3 Å². The lowest BCUT2D eigenvalue weighted by Crippen LogP contribution is -2.32. The molecule has 0 aliphatic heterocycles. The van der Waals surface area contributed by atoms with Gasteiger partial charge in [0.15, 0.2) is 0 Å². The van der Waals surface area contributed by atoms with Gasteiger partial charge in [0.2, 0.25) is 5.89 Å². The highest BCUT2D eigenvalue weighted by atomic mass is 16.5. The summed E-state index contributed by atoms with van der Waals surface area (Å²) >= 11 is 0. The van der Waals surface area contributed by atoms with Crippen molar-refractivity contribution in [1.82, 2.24) is 4.98 Å². The van der Waals surface area contributed by atoms with E-state index in [1.54, 1.807) is 31.2 Å². The largest absolute Gasteiger partial charge is 0.493 e. The number of aryl methyl sites for hydroxylation is 1. The Bertz CT molecular complexity index is 1370. The van der Waals surface area contributed by atoms with Crippen molar-refractivity contribution < 1.29 is 28.6 Å². The molecule has 0 bridgehead atoms. The van der Waals surface area contributed by atoms with E-state index in [1.807, 2.05) is 61.5 Å². The number of oxazole rings is 1. The molecule has 0 saturated carbocycles. The molecule has 0 aliphatic rings. The summed E-state index contributed by atoms with van der Waals surface area (Å²) in [6.07, 6.45) is 0.808. The number of hydrogen-bond donors (Lipinski definition) is 2. The molecule has 1 aromatic heterocycles. The van der Waals surface area contributed by atoms with Crippen LogP contribution in [0.3, 0.4) is 0 Å². The second-order valence-corrected chi connectivity index (χ2v) is 8.64. The third-order valence-electron chi connectivity index (χ3n) is 5.93. The van der Waals surface area contributed by atoms with Crippen molar-refractivity contribution in [2.45, 2.75) is 32.7 Å². The van der Waals surface area contributed by atoms with Crippen LogP contribution in [0.2, 0.25) is 0 Å². The average Bonchev–Trinajstić information content (AvgIpc) is 3.30. The molecule has 0 amide bonds. The van der Waals surface area contributed by atoms with Gasteiger partial charge >= 0.3 is 11.9 Å². The molecule has 0 unspecified atom stereocenters. The predicted molar refractivity (Wildman–Crippen MR) is 143 cm³/mol. The van der Waals surface area contributed by atoms with Gasteiger partial charge in [-0.2, -0.15) is 0 Å². The van der Waals surface area contributed by atoms with Gasteiger partial charge in [-0.15, -0.1) is 0 Å². The first kappa shape index (κ1) is 26.5. The first-order valence-electron chi connectivity index (χ1n) is 12.4. The van der Waals surface area contributed by atoms with Crippen LogP contribution in [0.4, 0.5) is 5.69 Å². The number of carbonyl (C=O) groups excluding carboxylic acids is 1.